The fraction of sp³-hybridized carbons (Fsp3) is 0.412. The van der Waals surface area contributed by atoms with Crippen molar-refractivity contribution in [3.8, 4) is 11.5 Å². The minimum Gasteiger partial charge on any atom is -0.489 e. The molecule has 1 fully saturated rings. The second-order valence-corrected chi connectivity index (χ2v) is 5.92. The van der Waals surface area contributed by atoms with E-state index in [2.05, 4.69) is 0 Å². The molecular weight excluding hydrogens is 268 g/mol. The molecule has 2 aliphatic rings. The Bertz CT molecular complexity index is 662. The molecule has 1 aliphatic heterocycles. The minimum atomic E-state index is -0.644. The Morgan fingerprint density at radius 3 is 2.62 bits per heavy atom. The molecule has 1 aliphatic carbocycles. The highest BCUT2D eigenvalue weighted by Gasteiger charge is 2.57. The molecule has 1 heterocycles. The largest absolute Gasteiger partial charge is 0.489 e. The number of ether oxygens (including phenoxy) is 2. The molecule has 0 amide bonds. The van der Waals surface area contributed by atoms with Crippen molar-refractivity contribution < 1.29 is 19.1 Å². The number of carbonyl (C=O) groups excluding carboxylic acids is 2. The number of carbonyl (C=O) groups is 2. The lowest BCUT2D eigenvalue weighted by atomic mass is 10.0. The molecule has 0 unspecified atom stereocenters. The van der Waals surface area contributed by atoms with E-state index >= 15 is 0 Å². The van der Waals surface area contributed by atoms with Crippen LogP contribution in [0.4, 0.5) is 0 Å². The van der Waals surface area contributed by atoms with Crippen molar-refractivity contribution in [3.63, 3.8) is 0 Å². The van der Waals surface area contributed by atoms with E-state index in [1.165, 1.54) is 6.92 Å². The smallest absolute Gasteiger partial charge is 0.210 e. The van der Waals surface area contributed by atoms with Gasteiger partial charge in [0, 0.05) is 6.07 Å². The molecule has 21 heavy (non-hydrogen) atoms. The highest BCUT2D eigenvalue weighted by atomic mass is 16.5. The lowest BCUT2D eigenvalue weighted by molar-refractivity contribution is 0.0820. The molecule has 0 saturated heterocycles. The average molecular weight is 286 g/mol. The summed E-state index contributed by atoms with van der Waals surface area (Å²) in [6.45, 7) is 5.83. The predicted octanol–water partition coefficient (Wildman–Crippen LogP) is 3.34. The Hall–Kier alpha value is -2.10. The maximum absolute atomic E-state index is 12.3. The maximum Gasteiger partial charge on any atom is 0.210 e. The highest BCUT2D eigenvalue weighted by molar-refractivity contribution is 6.11. The fourth-order valence-corrected chi connectivity index (χ4v) is 2.46. The van der Waals surface area contributed by atoms with Crippen LogP contribution in [0.5, 0.6) is 11.5 Å². The number of hydrogen-bond donors (Lipinski definition) is 0. The zero-order valence-corrected chi connectivity index (χ0v) is 12.5. The number of benzene rings is 1. The first-order valence-corrected chi connectivity index (χ1v) is 7.12. The van der Waals surface area contributed by atoms with Gasteiger partial charge in [0.05, 0.1) is 11.1 Å². The standard InChI is InChI=1S/C17H18O4/c1-10(2)4-7-20-14-9-15-13(8-12(14)11(3)18)16(19)17(21-15)5-6-17/h4,8-9H,5-7H2,1-3H3. The van der Waals surface area contributed by atoms with Gasteiger partial charge in [0.15, 0.2) is 11.4 Å². The van der Waals surface area contributed by atoms with Crippen molar-refractivity contribution in [3.05, 3.63) is 34.9 Å². The zero-order chi connectivity index (χ0) is 15.2. The molecule has 1 aromatic carbocycles. The van der Waals surface area contributed by atoms with Gasteiger partial charge in [0.1, 0.15) is 18.1 Å². The molecule has 0 radical (unpaired) electrons. The third kappa shape index (κ3) is 2.35. The Morgan fingerprint density at radius 1 is 1.33 bits per heavy atom. The maximum atomic E-state index is 12.3. The van der Waals surface area contributed by atoms with E-state index in [-0.39, 0.29) is 11.6 Å². The summed E-state index contributed by atoms with van der Waals surface area (Å²) >= 11 is 0. The molecule has 1 aromatic rings. The molecule has 3 rings (SSSR count). The molecule has 0 N–H and O–H groups in total. The molecule has 1 spiro atoms. The van der Waals surface area contributed by atoms with Crippen molar-refractivity contribution in [1.82, 2.24) is 0 Å². The molecule has 4 nitrogen and oxygen atoms in total. The lowest BCUT2D eigenvalue weighted by Gasteiger charge is -2.10. The van der Waals surface area contributed by atoms with Gasteiger partial charge in [0.2, 0.25) is 5.78 Å². The Kier molecular flexibility index (Phi) is 3.12. The summed E-state index contributed by atoms with van der Waals surface area (Å²) in [5, 5.41) is 0. The summed E-state index contributed by atoms with van der Waals surface area (Å²) in [7, 11) is 0. The summed E-state index contributed by atoms with van der Waals surface area (Å²) in [5.41, 5.74) is 1.44. The van der Waals surface area contributed by atoms with E-state index in [9.17, 15) is 9.59 Å². The molecule has 0 atom stereocenters. The number of hydrogen-bond acceptors (Lipinski definition) is 4. The first-order chi connectivity index (χ1) is 9.93. The molecule has 1 saturated carbocycles. The number of fused-ring (bicyclic) bond motifs is 1. The van der Waals surface area contributed by atoms with Crippen LogP contribution in [0.3, 0.4) is 0 Å². The summed E-state index contributed by atoms with van der Waals surface area (Å²) in [6.07, 6.45) is 3.44. The van der Waals surface area contributed by atoms with Gasteiger partial charge in [-0.2, -0.15) is 0 Å². The van der Waals surface area contributed by atoms with Crippen molar-refractivity contribution in [1.29, 1.82) is 0 Å². The summed E-state index contributed by atoms with van der Waals surface area (Å²) in [5.74, 6) is 0.893. The van der Waals surface area contributed by atoms with Crippen LogP contribution in [-0.2, 0) is 0 Å². The van der Waals surface area contributed by atoms with Crippen LogP contribution < -0.4 is 9.47 Å². The van der Waals surface area contributed by atoms with Gasteiger partial charge in [-0.3, -0.25) is 9.59 Å². The summed E-state index contributed by atoms with van der Waals surface area (Å²) in [6, 6.07) is 3.29. The minimum absolute atomic E-state index is 0.00384. The monoisotopic (exact) mass is 286 g/mol. The third-order valence-electron chi connectivity index (χ3n) is 3.86. The van der Waals surface area contributed by atoms with Crippen molar-refractivity contribution >= 4 is 11.6 Å². The van der Waals surface area contributed by atoms with Gasteiger partial charge in [-0.05, 0) is 45.8 Å². The average Bonchev–Trinajstić information content (AvgIpc) is 3.12. The van der Waals surface area contributed by atoms with Crippen molar-refractivity contribution in [2.75, 3.05) is 6.61 Å². The van der Waals surface area contributed by atoms with E-state index in [4.69, 9.17) is 9.47 Å². The SMILES string of the molecule is CC(=O)c1cc2c(cc1OCC=C(C)C)OC1(CC1)C2=O. The number of ketones is 2. The quantitative estimate of drug-likeness (QED) is 0.629. The van der Waals surface area contributed by atoms with Crippen molar-refractivity contribution in [2.24, 2.45) is 0 Å². The Morgan fingerprint density at radius 2 is 2.05 bits per heavy atom. The van der Waals surface area contributed by atoms with E-state index < -0.39 is 5.60 Å². The first-order valence-electron chi connectivity index (χ1n) is 7.12. The molecule has 110 valence electrons. The van der Waals surface area contributed by atoms with E-state index in [1.807, 2.05) is 19.9 Å². The number of allylic oxidation sites excluding steroid dienone is 1. The van der Waals surface area contributed by atoms with Crippen LogP contribution in [0, 0.1) is 0 Å². The molecule has 0 aromatic heterocycles. The van der Waals surface area contributed by atoms with Gasteiger partial charge in [0.25, 0.3) is 0 Å². The Labute approximate surface area is 123 Å². The zero-order valence-electron chi connectivity index (χ0n) is 12.5. The fourth-order valence-electron chi connectivity index (χ4n) is 2.46. The summed E-state index contributed by atoms with van der Waals surface area (Å²) in [4.78, 5) is 24.1. The van der Waals surface area contributed by atoms with Gasteiger partial charge < -0.3 is 9.47 Å². The predicted molar refractivity (Wildman–Crippen MR) is 78.3 cm³/mol. The Balaban J connectivity index is 1.95. The molecule has 4 heteroatoms. The highest BCUT2D eigenvalue weighted by Crippen LogP contribution is 2.51. The molecular formula is C17H18O4. The topological polar surface area (TPSA) is 52.6 Å². The van der Waals surface area contributed by atoms with E-state index in [0.717, 1.165) is 18.4 Å². The second kappa shape index (κ2) is 4.72. The first kappa shape index (κ1) is 13.9. The van der Waals surface area contributed by atoms with Gasteiger partial charge in [-0.1, -0.05) is 5.57 Å². The van der Waals surface area contributed by atoms with Crippen LogP contribution >= 0.6 is 0 Å². The van der Waals surface area contributed by atoms with Crippen LogP contribution in [0.1, 0.15) is 54.3 Å². The van der Waals surface area contributed by atoms with Crippen LogP contribution in [0.15, 0.2) is 23.8 Å². The number of Topliss-reactive ketones (excluding diaryl/α,β-unsaturated/α-hetero) is 2. The normalized spacial score (nSPS) is 17.2. The van der Waals surface area contributed by atoms with Gasteiger partial charge >= 0.3 is 0 Å². The molecule has 0 bridgehead atoms. The van der Waals surface area contributed by atoms with Crippen LogP contribution in [0.25, 0.3) is 0 Å². The number of rotatable bonds is 4. The van der Waals surface area contributed by atoms with Gasteiger partial charge in [-0.15, -0.1) is 0 Å². The van der Waals surface area contributed by atoms with Crippen LogP contribution in [-0.4, -0.2) is 23.8 Å². The van der Waals surface area contributed by atoms with E-state index in [1.54, 1.807) is 12.1 Å². The third-order valence-corrected chi connectivity index (χ3v) is 3.86. The van der Waals surface area contributed by atoms with Crippen LogP contribution in [0.2, 0.25) is 0 Å². The second-order valence-electron chi connectivity index (χ2n) is 5.92. The van der Waals surface area contributed by atoms with E-state index in [0.29, 0.717) is 29.2 Å². The van der Waals surface area contributed by atoms with Crippen molar-refractivity contribution in [2.45, 2.75) is 39.2 Å². The van der Waals surface area contributed by atoms with Gasteiger partial charge in [-0.25, -0.2) is 0 Å². The summed E-state index contributed by atoms with van der Waals surface area (Å²) < 4.78 is 11.4. The lowest BCUT2D eigenvalue weighted by Crippen LogP contribution is -2.21.